The summed E-state index contributed by atoms with van der Waals surface area (Å²) in [5, 5.41) is 3.09. The Bertz CT molecular complexity index is 416. The molecule has 0 aliphatic carbocycles. The first-order valence-electron chi connectivity index (χ1n) is 3.66. The Labute approximate surface area is 88.0 Å². The maximum Gasteiger partial charge on any atom is 0.300 e. The Hall–Kier alpha value is -0.820. The molecule has 0 radical (unpaired) electrons. The topological polar surface area (TPSA) is 98.2 Å². The number of halogens is 2. The first-order chi connectivity index (χ1) is 6.81. The van der Waals surface area contributed by atoms with Gasteiger partial charge in [0.1, 0.15) is 4.88 Å². The van der Waals surface area contributed by atoms with Crippen LogP contribution in [0.2, 0.25) is 0 Å². The molecule has 0 fully saturated rings. The summed E-state index contributed by atoms with van der Waals surface area (Å²) in [6, 6.07) is 1.11. The fraction of sp³-hybridized carbons (Fsp3) is 0.167. The number of nitrogens with two attached hydrogens (primary N) is 2. The maximum atomic E-state index is 12.3. The molecular weight excluding hydrogens is 247 g/mol. The average Bonchev–Trinajstić information content (AvgIpc) is 2.47. The summed E-state index contributed by atoms with van der Waals surface area (Å²) in [6.45, 7) is 0. The fourth-order valence-electron chi connectivity index (χ4n) is 0.885. The molecule has 0 aromatic carbocycles. The molecule has 0 aliphatic heterocycles. The van der Waals surface area contributed by atoms with Crippen LogP contribution < -0.4 is 16.1 Å². The molecule has 0 bridgehead atoms. The Morgan fingerprint density at radius 3 is 2.60 bits per heavy atom. The van der Waals surface area contributed by atoms with Crippen molar-refractivity contribution >= 4 is 24.8 Å². The minimum Gasteiger partial charge on any atom is -0.279 e. The van der Waals surface area contributed by atoms with E-state index in [2.05, 4.69) is 0 Å². The van der Waals surface area contributed by atoms with E-state index in [-0.39, 0.29) is 4.88 Å². The largest absolute Gasteiger partial charge is 0.300 e. The van der Waals surface area contributed by atoms with Crippen molar-refractivity contribution in [2.24, 2.45) is 11.0 Å². The van der Waals surface area contributed by atoms with E-state index in [0.29, 0.717) is 0 Å². The lowest BCUT2D eigenvalue weighted by atomic mass is 10.2. The molecule has 1 rings (SSSR count). The van der Waals surface area contributed by atoms with Crippen LogP contribution in [-0.2, 0) is 4.57 Å². The molecule has 1 aromatic rings. The first-order valence-corrected chi connectivity index (χ1v) is 6.39. The highest BCUT2D eigenvalue weighted by molar-refractivity contribution is 7.57. The second-order valence-corrected chi connectivity index (χ2v) is 5.21. The maximum absolute atomic E-state index is 12.3. The predicted molar refractivity (Wildman–Crippen MR) is 52.7 cm³/mol. The first kappa shape index (κ1) is 12.3. The summed E-state index contributed by atoms with van der Waals surface area (Å²) in [7, 11) is -3.75. The summed E-state index contributed by atoms with van der Waals surface area (Å²) in [6.07, 6.45) is -2.77. The molecule has 1 heterocycles. The zero-order chi connectivity index (χ0) is 11.6. The number of hydrogen-bond acceptors (Lipinski definition) is 3. The van der Waals surface area contributed by atoms with Gasteiger partial charge in [-0.05, 0) is 11.4 Å². The van der Waals surface area contributed by atoms with Crippen molar-refractivity contribution in [1.29, 1.82) is 0 Å². The van der Waals surface area contributed by atoms with Gasteiger partial charge in [0, 0.05) is 5.56 Å². The zero-order valence-electron chi connectivity index (χ0n) is 7.31. The normalized spacial score (nSPS) is 11.8. The van der Waals surface area contributed by atoms with Gasteiger partial charge < -0.3 is 0 Å². The van der Waals surface area contributed by atoms with Crippen molar-refractivity contribution in [1.82, 2.24) is 5.09 Å². The van der Waals surface area contributed by atoms with Gasteiger partial charge in [0.2, 0.25) is 0 Å². The summed E-state index contributed by atoms with van der Waals surface area (Å²) >= 11 is 0.802. The van der Waals surface area contributed by atoms with Gasteiger partial charge in [-0.25, -0.2) is 8.78 Å². The lowest BCUT2D eigenvalue weighted by Gasteiger charge is -2.08. The SMILES string of the molecule is NP(N)(=O)NC(=O)c1sccc1C(F)F. The van der Waals surface area contributed by atoms with Crippen LogP contribution in [0.25, 0.3) is 0 Å². The van der Waals surface area contributed by atoms with Crippen LogP contribution in [0, 0.1) is 0 Å². The van der Waals surface area contributed by atoms with E-state index in [1.54, 1.807) is 5.09 Å². The van der Waals surface area contributed by atoms with Crippen LogP contribution in [0.1, 0.15) is 21.7 Å². The fourth-order valence-corrected chi connectivity index (χ4v) is 2.19. The van der Waals surface area contributed by atoms with Crippen LogP contribution in [0.3, 0.4) is 0 Å². The van der Waals surface area contributed by atoms with Crippen molar-refractivity contribution in [3.63, 3.8) is 0 Å². The van der Waals surface area contributed by atoms with Crippen molar-refractivity contribution in [3.05, 3.63) is 21.9 Å². The monoisotopic (exact) mass is 255 g/mol. The summed E-state index contributed by atoms with van der Waals surface area (Å²) in [5.74, 6) is -0.950. The van der Waals surface area contributed by atoms with Gasteiger partial charge in [-0.3, -0.25) is 25.5 Å². The third-order valence-corrected chi connectivity index (χ3v) is 2.89. The Morgan fingerprint density at radius 2 is 2.13 bits per heavy atom. The number of nitrogens with one attached hydrogen (secondary N) is 1. The third kappa shape index (κ3) is 3.35. The van der Waals surface area contributed by atoms with E-state index in [1.165, 1.54) is 5.38 Å². The highest BCUT2D eigenvalue weighted by atomic mass is 32.1. The van der Waals surface area contributed by atoms with Gasteiger partial charge in [-0.2, -0.15) is 0 Å². The van der Waals surface area contributed by atoms with Crippen LogP contribution in [-0.4, -0.2) is 5.91 Å². The van der Waals surface area contributed by atoms with E-state index >= 15 is 0 Å². The summed E-state index contributed by atoms with van der Waals surface area (Å²) < 4.78 is 35.5. The van der Waals surface area contributed by atoms with Crippen molar-refractivity contribution < 1.29 is 18.1 Å². The molecule has 0 spiro atoms. The summed E-state index contributed by atoms with van der Waals surface area (Å²) in [4.78, 5) is 11.0. The molecular formula is C6H8F2N3O2PS. The van der Waals surface area contributed by atoms with Crippen LogP contribution in [0.15, 0.2) is 11.4 Å². The van der Waals surface area contributed by atoms with Gasteiger partial charge in [-0.1, -0.05) is 0 Å². The molecule has 0 aliphatic rings. The van der Waals surface area contributed by atoms with E-state index in [4.69, 9.17) is 11.0 Å². The van der Waals surface area contributed by atoms with Gasteiger partial charge in [0.15, 0.2) is 0 Å². The van der Waals surface area contributed by atoms with Crippen LogP contribution in [0.5, 0.6) is 0 Å². The predicted octanol–water partition coefficient (Wildman–Crippen LogP) is 1.44. The van der Waals surface area contributed by atoms with Gasteiger partial charge in [0.05, 0.1) is 0 Å². The van der Waals surface area contributed by atoms with E-state index in [1.807, 2.05) is 0 Å². The van der Waals surface area contributed by atoms with Gasteiger partial charge in [-0.15, -0.1) is 11.3 Å². The molecule has 1 amide bonds. The second-order valence-electron chi connectivity index (χ2n) is 2.66. The molecule has 15 heavy (non-hydrogen) atoms. The van der Waals surface area contributed by atoms with Crippen LogP contribution >= 0.6 is 18.9 Å². The number of alkyl halides is 2. The lowest BCUT2D eigenvalue weighted by molar-refractivity contribution is 0.0972. The molecule has 0 unspecified atom stereocenters. The second kappa shape index (κ2) is 4.36. The molecule has 5 N–H and O–H groups in total. The number of hydrogen-bond donors (Lipinski definition) is 3. The number of carbonyl (C=O) groups is 1. The highest BCUT2D eigenvalue weighted by Gasteiger charge is 2.22. The third-order valence-electron chi connectivity index (χ3n) is 1.41. The smallest absolute Gasteiger partial charge is 0.279 e. The van der Waals surface area contributed by atoms with Crippen molar-refractivity contribution in [2.45, 2.75) is 6.43 Å². The Balaban J connectivity index is 2.92. The Kier molecular flexibility index (Phi) is 3.56. The lowest BCUT2D eigenvalue weighted by Crippen LogP contribution is -2.28. The van der Waals surface area contributed by atoms with Gasteiger partial charge in [0.25, 0.3) is 12.3 Å². The highest BCUT2D eigenvalue weighted by Crippen LogP contribution is 2.29. The molecule has 9 heteroatoms. The van der Waals surface area contributed by atoms with E-state index in [9.17, 15) is 18.1 Å². The molecule has 0 atom stereocenters. The molecule has 84 valence electrons. The summed E-state index contributed by atoms with van der Waals surface area (Å²) in [5.41, 5.74) is 9.35. The van der Waals surface area contributed by atoms with Crippen molar-refractivity contribution in [2.75, 3.05) is 0 Å². The quantitative estimate of drug-likeness (QED) is 0.712. The minimum absolute atomic E-state index is 0.235. The number of rotatable bonds is 3. The Morgan fingerprint density at radius 1 is 1.53 bits per heavy atom. The number of amides is 1. The minimum atomic E-state index is -3.75. The zero-order valence-corrected chi connectivity index (χ0v) is 9.03. The number of carbonyl (C=O) groups excluding carboxylic acids is 1. The number of thiophene rings is 1. The van der Waals surface area contributed by atoms with Crippen molar-refractivity contribution in [3.8, 4) is 0 Å². The molecule has 1 aromatic heterocycles. The molecule has 5 nitrogen and oxygen atoms in total. The van der Waals surface area contributed by atoms with E-state index in [0.717, 1.165) is 17.4 Å². The average molecular weight is 255 g/mol. The molecule has 0 saturated carbocycles. The van der Waals surface area contributed by atoms with E-state index < -0.39 is 25.5 Å². The van der Waals surface area contributed by atoms with Gasteiger partial charge >= 0.3 is 7.59 Å². The standard InChI is InChI=1S/C6H8F2N3O2PS/c7-5(8)3-1-2-15-4(3)6(12)11-14(9,10)13/h1-2,5H,(H5,9,10,11,12,13). The van der Waals surface area contributed by atoms with Crippen LogP contribution in [0.4, 0.5) is 8.78 Å². The molecule has 0 saturated heterocycles.